The first-order valence-corrected chi connectivity index (χ1v) is 7.30. The predicted octanol–water partition coefficient (Wildman–Crippen LogP) is 2.84. The highest BCUT2D eigenvalue weighted by molar-refractivity contribution is 6.02. The quantitative estimate of drug-likeness (QED) is 0.803. The summed E-state index contributed by atoms with van der Waals surface area (Å²) in [6, 6.07) is 0. The molecule has 3 atom stereocenters. The lowest BCUT2D eigenvalue weighted by atomic mass is 9.50. The lowest BCUT2D eigenvalue weighted by Gasteiger charge is -2.51. The summed E-state index contributed by atoms with van der Waals surface area (Å²) in [5, 5.41) is 9.80. The van der Waals surface area contributed by atoms with E-state index in [0.717, 1.165) is 5.57 Å². The summed E-state index contributed by atoms with van der Waals surface area (Å²) in [4.78, 5) is 24.9. The molecular formula is C17H24O3. The van der Waals surface area contributed by atoms with E-state index in [0.29, 0.717) is 25.7 Å². The fourth-order valence-corrected chi connectivity index (χ4v) is 4.24. The number of ketones is 2. The van der Waals surface area contributed by atoms with Gasteiger partial charge in [0.2, 0.25) is 0 Å². The third-order valence-electron chi connectivity index (χ3n) is 5.68. The molecule has 0 spiro atoms. The van der Waals surface area contributed by atoms with E-state index >= 15 is 0 Å². The lowest BCUT2D eigenvalue weighted by molar-refractivity contribution is -0.134. The number of hydrogen-bond acceptors (Lipinski definition) is 3. The molecule has 2 aliphatic rings. The molecule has 2 rings (SSSR count). The van der Waals surface area contributed by atoms with E-state index in [-0.39, 0.29) is 18.2 Å². The Balaban J connectivity index is 2.68. The van der Waals surface area contributed by atoms with Gasteiger partial charge in [-0.25, -0.2) is 0 Å². The van der Waals surface area contributed by atoms with Crippen LogP contribution in [0.4, 0.5) is 0 Å². The molecule has 0 aromatic carbocycles. The Morgan fingerprint density at radius 2 is 2.00 bits per heavy atom. The first kappa shape index (κ1) is 15.2. The van der Waals surface area contributed by atoms with Crippen molar-refractivity contribution in [2.45, 2.75) is 46.5 Å². The highest BCUT2D eigenvalue weighted by Gasteiger charge is 2.63. The first-order valence-electron chi connectivity index (χ1n) is 7.30. The Bertz CT molecular complexity index is 504. The molecular weight excluding hydrogens is 252 g/mol. The van der Waals surface area contributed by atoms with Gasteiger partial charge in [-0.15, -0.1) is 6.58 Å². The molecule has 1 fully saturated rings. The molecule has 0 bridgehead atoms. The van der Waals surface area contributed by atoms with Gasteiger partial charge in [0.05, 0.1) is 6.61 Å². The van der Waals surface area contributed by atoms with Crippen LogP contribution < -0.4 is 0 Å². The zero-order valence-corrected chi connectivity index (χ0v) is 12.7. The van der Waals surface area contributed by atoms with Crippen LogP contribution in [0.1, 0.15) is 46.5 Å². The minimum absolute atomic E-state index is 0.0891. The second-order valence-electron chi connectivity index (χ2n) is 6.79. The summed E-state index contributed by atoms with van der Waals surface area (Å²) in [7, 11) is 0. The molecule has 3 heteroatoms. The minimum atomic E-state index is -0.610. The maximum Gasteiger partial charge on any atom is 0.162 e. The van der Waals surface area contributed by atoms with Gasteiger partial charge in [0, 0.05) is 29.1 Å². The van der Waals surface area contributed by atoms with Crippen molar-refractivity contribution in [3.63, 3.8) is 0 Å². The van der Waals surface area contributed by atoms with Crippen LogP contribution >= 0.6 is 0 Å². The molecule has 1 saturated carbocycles. The third kappa shape index (κ3) is 1.69. The van der Waals surface area contributed by atoms with Crippen molar-refractivity contribution in [3.05, 3.63) is 24.3 Å². The Morgan fingerprint density at radius 3 is 2.50 bits per heavy atom. The molecule has 110 valence electrons. The van der Waals surface area contributed by atoms with Crippen molar-refractivity contribution in [3.8, 4) is 0 Å². The van der Waals surface area contributed by atoms with E-state index in [4.69, 9.17) is 0 Å². The standard InChI is InChI=1S/C17H24O3/c1-5-7-17-10-12(19)9-15(3,11-18)13(17)8-14(20)16(17,4)6-2/h5,8,18H,1,6-7,9-11H2,2-4H3/t15-,16+,17+/m0/s1. The highest BCUT2D eigenvalue weighted by Crippen LogP contribution is 2.64. The summed E-state index contributed by atoms with van der Waals surface area (Å²) in [6.07, 6.45) is 5.51. The topological polar surface area (TPSA) is 54.4 Å². The van der Waals surface area contributed by atoms with Gasteiger partial charge in [-0.2, -0.15) is 0 Å². The van der Waals surface area contributed by atoms with E-state index in [1.807, 2.05) is 20.8 Å². The normalized spacial score (nSPS) is 40.5. The Hall–Kier alpha value is -1.22. The van der Waals surface area contributed by atoms with Gasteiger partial charge in [-0.3, -0.25) is 9.59 Å². The average molecular weight is 276 g/mol. The Morgan fingerprint density at radius 1 is 1.35 bits per heavy atom. The van der Waals surface area contributed by atoms with Crippen molar-refractivity contribution in [2.75, 3.05) is 6.61 Å². The number of aliphatic hydroxyl groups excluding tert-OH is 1. The summed E-state index contributed by atoms with van der Waals surface area (Å²) in [5.41, 5.74) is -0.710. The van der Waals surface area contributed by atoms with Crippen molar-refractivity contribution in [2.24, 2.45) is 16.2 Å². The van der Waals surface area contributed by atoms with Gasteiger partial charge in [0.1, 0.15) is 5.78 Å². The number of rotatable bonds is 4. The Kier molecular flexibility index (Phi) is 3.53. The van der Waals surface area contributed by atoms with E-state index in [9.17, 15) is 14.7 Å². The zero-order valence-electron chi connectivity index (χ0n) is 12.7. The van der Waals surface area contributed by atoms with E-state index in [1.54, 1.807) is 12.2 Å². The van der Waals surface area contributed by atoms with Crippen molar-refractivity contribution in [1.82, 2.24) is 0 Å². The molecule has 0 aromatic heterocycles. The number of fused-ring (bicyclic) bond motifs is 1. The van der Waals surface area contributed by atoms with Gasteiger partial charge in [0.25, 0.3) is 0 Å². The van der Waals surface area contributed by atoms with Crippen LogP contribution in [0.15, 0.2) is 24.3 Å². The molecule has 0 saturated heterocycles. The molecule has 3 nitrogen and oxygen atoms in total. The predicted molar refractivity (Wildman–Crippen MR) is 78.2 cm³/mol. The second kappa shape index (κ2) is 4.66. The molecule has 0 unspecified atom stereocenters. The van der Waals surface area contributed by atoms with Crippen molar-refractivity contribution < 1.29 is 14.7 Å². The van der Waals surface area contributed by atoms with Crippen molar-refractivity contribution in [1.29, 1.82) is 0 Å². The number of aliphatic hydroxyl groups is 1. The molecule has 1 N–H and O–H groups in total. The minimum Gasteiger partial charge on any atom is -0.395 e. The molecule has 0 aromatic rings. The Labute approximate surface area is 120 Å². The van der Waals surface area contributed by atoms with Crippen LogP contribution in [0.3, 0.4) is 0 Å². The summed E-state index contributed by atoms with van der Waals surface area (Å²) in [6.45, 7) is 9.56. The maximum atomic E-state index is 12.6. The number of hydrogen-bond donors (Lipinski definition) is 1. The van der Waals surface area contributed by atoms with Crippen molar-refractivity contribution >= 4 is 11.6 Å². The van der Waals surface area contributed by atoms with Crippen LogP contribution in [0.25, 0.3) is 0 Å². The number of carbonyl (C=O) groups excluding carboxylic acids is 2. The number of carbonyl (C=O) groups is 2. The first-order chi connectivity index (χ1) is 9.29. The van der Waals surface area contributed by atoms with E-state index < -0.39 is 16.2 Å². The van der Waals surface area contributed by atoms with E-state index in [2.05, 4.69) is 6.58 Å². The van der Waals surface area contributed by atoms with Crippen LogP contribution in [-0.2, 0) is 9.59 Å². The average Bonchev–Trinajstić information content (AvgIpc) is 2.62. The number of allylic oxidation sites excluding steroid dienone is 2. The molecule has 0 heterocycles. The summed E-state index contributed by atoms with van der Waals surface area (Å²) >= 11 is 0. The summed E-state index contributed by atoms with van der Waals surface area (Å²) in [5.74, 6) is 0.223. The highest BCUT2D eigenvalue weighted by atomic mass is 16.3. The maximum absolute atomic E-state index is 12.6. The number of Topliss-reactive ketones (excluding diaryl/α,β-unsaturated/α-hetero) is 1. The van der Waals surface area contributed by atoms with Crippen LogP contribution in [0.2, 0.25) is 0 Å². The SMILES string of the molecule is C=CC[C@@]12CC(=O)C[C@@](C)(CO)C1=CC(=O)[C@@]2(C)CC. The monoisotopic (exact) mass is 276 g/mol. The lowest BCUT2D eigenvalue weighted by Crippen LogP contribution is -2.50. The van der Waals surface area contributed by atoms with Gasteiger partial charge < -0.3 is 5.11 Å². The molecule has 0 radical (unpaired) electrons. The zero-order chi connectivity index (χ0) is 15.2. The third-order valence-corrected chi connectivity index (χ3v) is 5.68. The smallest absolute Gasteiger partial charge is 0.162 e. The van der Waals surface area contributed by atoms with Gasteiger partial charge in [-0.1, -0.05) is 32.4 Å². The molecule has 20 heavy (non-hydrogen) atoms. The molecule has 0 amide bonds. The fourth-order valence-electron chi connectivity index (χ4n) is 4.24. The van der Waals surface area contributed by atoms with Crippen LogP contribution in [0, 0.1) is 16.2 Å². The largest absolute Gasteiger partial charge is 0.395 e. The molecule has 2 aliphatic carbocycles. The molecule has 0 aliphatic heterocycles. The summed E-state index contributed by atoms with van der Waals surface area (Å²) < 4.78 is 0. The van der Waals surface area contributed by atoms with Gasteiger partial charge in [0.15, 0.2) is 5.78 Å². The second-order valence-corrected chi connectivity index (χ2v) is 6.79. The van der Waals surface area contributed by atoms with Gasteiger partial charge >= 0.3 is 0 Å². The van der Waals surface area contributed by atoms with Crippen LogP contribution in [0.5, 0.6) is 0 Å². The van der Waals surface area contributed by atoms with Gasteiger partial charge in [-0.05, 0) is 18.9 Å². The fraction of sp³-hybridized carbons (Fsp3) is 0.647. The van der Waals surface area contributed by atoms with E-state index in [1.165, 1.54) is 0 Å². The van der Waals surface area contributed by atoms with Crippen LogP contribution in [-0.4, -0.2) is 23.3 Å².